The molecule has 17 heavy (non-hydrogen) atoms. The summed E-state index contributed by atoms with van der Waals surface area (Å²) in [6.45, 7) is 12.3. The second-order valence-corrected chi connectivity index (χ2v) is 6.60. The molecule has 4 heteroatoms. The van der Waals surface area contributed by atoms with Gasteiger partial charge >= 0.3 is 0 Å². The molecule has 0 fully saturated rings. The number of ketones is 1. The van der Waals surface area contributed by atoms with Crippen LogP contribution in [0.4, 0.5) is 5.13 Å². The standard InChI is InChI=1S/C13H22N2OS/c1-8-11(9(2)16)17-12(14-8)15(7)10(3)13(4,5)6/h10H,1-7H3. The first-order valence-corrected chi connectivity index (χ1v) is 6.67. The first kappa shape index (κ1) is 14.2. The number of hydrogen-bond donors (Lipinski definition) is 0. The van der Waals surface area contributed by atoms with Gasteiger partial charge in [0.05, 0.1) is 10.6 Å². The Morgan fingerprint density at radius 1 is 1.41 bits per heavy atom. The van der Waals surface area contributed by atoms with Gasteiger partial charge in [-0.3, -0.25) is 4.79 Å². The average Bonchev–Trinajstić information content (AvgIpc) is 2.56. The normalized spacial score (nSPS) is 13.6. The van der Waals surface area contributed by atoms with Gasteiger partial charge in [-0.25, -0.2) is 4.98 Å². The largest absolute Gasteiger partial charge is 0.348 e. The zero-order chi connectivity index (χ0) is 13.4. The fraction of sp³-hybridized carbons (Fsp3) is 0.692. The van der Waals surface area contributed by atoms with Crippen LogP contribution in [-0.2, 0) is 0 Å². The van der Waals surface area contributed by atoms with Crippen molar-refractivity contribution in [3.8, 4) is 0 Å². The maximum atomic E-state index is 11.4. The number of anilines is 1. The second-order valence-electron chi connectivity index (χ2n) is 5.62. The molecule has 0 radical (unpaired) electrons. The minimum absolute atomic E-state index is 0.100. The number of carbonyl (C=O) groups is 1. The number of aromatic nitrogens is 1. The summed E-state index contributed by atoms with van der Waals surface area (Å²) in [5.41, 5.74) is 1.02. The van der Waals surface area contributed by atoms with E-state index in [1.165, 1.54) is 11.3 Å². The minimum atomic E-state index is 0.100. The van der Waals surface area contributed by atoms with Crippen LogP contribution in [0, 0.1) is 12.3 Å². The first-order chi connectivity index (χ1) is 7.64. The molecule has 0 N–H and O–H groups in total. The van der Waals surface area contributed by atoms with E-state index in [0.29, 0.717) is 6.04 Å². The Bertz CT molecular complexity index is 418. The molecule has 3 nitrogen and oxygen atoms in total. The summed E-state index contributed by atoms with van der Waals surface area (Å²) < 4.78 is 0. The molecule has 1 heterocycles. The van der Waals surface area contributed by atoms with Gasteiger partial charge in [-0.1, -0.05) is 32.1 Å². The number of hydrogen-bond acceptors (Lipinski definition) is 4. The summed E-state index contributed by atoms with van der Waals surface area (Å²) in [5, 5.41) is 0.926. The van der Waals surface area contributed by atoms with Crippen LogP contribution in [0.1, 0.15) is 50.0 Å². The van der Waals surface area contributed by atoms with Crippen LogP contribution in [0.3, 0.4) is 0 Å². The molecule has 0 amide bonds. The molecule has 1 aromatic rings. The first-order valence-electron chi connectivity index (χ1n) is 5.85. The molecule has 0 aliphatic heterocycles. The molecular weight excluding hydrogens is 232 g/mol. The molecule has 1 unspecified atom stereocenters. The van der Waals surface area contributed by atoms with E-state index in [9.17, 15) is 4.79 Å². The molecule has 96 valence electrons. The van der Waals surface area contributed by atoms with Crippen molar-refractivity contribution in [1.29, 1.82) is 0 Å². The summed E-state index contributed by atoms with van der Waals surface area (Å²) in [4.78, 5) is 18.8. The Hall–Kier alpha value is -0.900. The van der Waals surface area contributed by atoms with Gasteiger partial charge < -0.3 is 4.90 Å². The molecule has 0 aliphatic rings. The molecule has 1 aromatic heterocycles. The van der Waals surface area contributed by atoms with Crippen molar-refractivity contribution in [2.45, 2.75) is 47.6 Å². The highest BCUT2D eigenvalue weighted by molar-refractivity contribution is 7.17. The van der Waals surface area contributed by atoms with Crippen LogP contribution in [0.25, 0.3) is 0 Å². The van der Waals surface area contributed by atoms with E-state index in [4.69, 9.17) is 0 Å². The van der Waals surface area contributed by atoms with Crippen molar-refractivity contribution >= 4 is 22.3 Å². The zero-order valence-electron chi connectivity index (χ0n) is 11.8. The van der Waals surface area contributed by atoms with Crippen molar-refractivity contribution in [2.75, 3.05) is 11.9 Å². The summed E-state index contributed by atoms with van der Waals surface area (Å²) in [6.07, 6.45) is 0. The van der Waals surface area contributed by atoms with Crippen LogP contribution < -0.4 is 4.90 Å². The highest BCUT2D eigenvalue weighted by Gasteiger charge is 2.26. The molecule has 1 atom stereocenters. The number of aryl methyl sites for hydroxylation is 1. The van der Waals surface area contributed by atoms with Crippen molar-refractivity contribution in [3.63, 3.8) is 0 Å². The molecule has 1 rings (SSSR count). The van der Waals surface area contributed by atoms with Gasteiger partial charge in [-0.15, -0.1) is 0 Å². The van der Waals surface area contributed by atoms with Crippen molar-refractivity contribution in [1.82, 2.24) is 4.98 Å². The minimum Gasteiger partial charge on any atom is -0.348 e. The lowest BCUT2D eigenvalue weighted by Gasteiger charge is -2.35. The molecule has 0 bridgehead atoms. The lowest BCUT2D eigenvalue weighted by molar-refractivity contribution is 0.102. The Morgan fingerprint density at radius 2 is 1.94 bits per heavy atom. The lowest BCUT2D eigenvalue weighted by atomic mass is 9.87. The summed E-state index contributed by atoms with van der Waals surface area (Å²) in [7, 11) is 2.04. The van der Waals surface area contributed by atoms with Crippen molar-refractivity contribution < 1.29 is 4.79 Å². The van der Waals surface area contributed by atoms with Gasteiger partial charge in [0.2, 0.25) is 0 Å². The smallest absolute Gasteiger partial charge is 0.186 e. The molecule has 0 aliphatic carbocycles. The Morgan fingerprint density at radius 3 is 2.29 bits per heavy atom. The maximum absolute atomic E-state index is 11.4. The van der Waals surface area contributed by atoms with Gasteiger partial charge in [0, 0.05) is 20.0 Å². The van der Waals surface area contributed by atoms with E-state index < -0.39 is 0 Å². The molecule has 0 saturated carbocycles. The summed E-state index contributed by atoms with van der Waals surface area (Å²) in [5.74, 6) is 0.100. The van der Waals surface area contributed by atoms with Gasteiger partial charge in [0.15, 0.2) is 10.9 Å². The Labute approximate surface area is 108 Å². The molecule has 0 saturated heterocycles. The van der Waals surface area contributed by atoms with Crippen LogP contribution in [0.5, 0.6) is 0 Å². The molecular formula is C13H22N2OS. The number of rotatable bonds is 3. The highest BCUT2D eigenvalue weighted by Crippen LogP contribution is 2.31. The van der Waals surface area contributed by atoms with Crippen LogP contribution in [-0.4, -0.2) is 23.9 Å². The van der Waals surface area contributed by atoms with E-state index in [1.54, 1.807) is 6.92 Å². The van der Waals surface area contributed by atoms with Crippen LogP contribution in [0.15, 0.2) is 0 Å². The Balaban J connectivity index is 3.02. The third-order valence-corrected chi connectivity index (χ3v) is 4.59. The molecule has 0 spiro atoms. The number of thiazole rings is 1. The van der Waals surface area contributed by atoms with Crippen LogP contribution >= 0.6 is 11.3 Å². The van der Waals surface area contributed by atoms with Gasteiger partial charge in [0.1, 0.15) is 0 Å². The topological polar surface area (TPSA) is 33.2 Å². The van der Waals surface area contributed by atoms with Crippen molar-refractivity contribution in [2.24, 2.45) is 5.41 Å². The van der Waals surface area contributed by atoms with Gasteiger partial charge in [0.25, 0.3) is 0 Å². The van der Waals surface area contributed by atoms with E-state index in [2.05, 4.69) is 37.6 Å². The van der Waals surface area contributed by atoms with Crippen LogP contribution in [0.2, 0.25) is 0 Å². The number of nitrogens with zero attached hydrogens (tertiary/aromatic N) is 2. The van der Waals surface area contributed by atoms with Gasteiger partial charge in [-0.2, -0.15) is 0 Å². The Kier molecular flexibility index (Phi) is 3.97. The fourth-order valence-corrected chi connectivity index (χ4v) is 2.61. The summed E-state index contributed by atoms with van der Waals surface area (Å²) >= 11 is 1.49. The lowest BCUT2D eigenvalue weighted by Crippen LogP contribution is -2.39. The number of carbonyl (C=O) groups excluding carboxylic acids is 1. The van der Waals surface area contributed by atoms with E-state index in [1.807, 2.05) is 14.0 Å². The SMILES string of the molecule is CC(=O)c1sc(N(C)C(C)C(C)(C)C)nc1C. The third kappa shape index (κ3) is 3.06. The third-order valence-electron chi connectivity index (χ3n) is 3.24. The average molecular weight is 254 g/mol. The van der Waals surface area contributed by atoms with E-state index in [-0.39, 0.29) is 11.2 Å². The zero-order valence-corrected chi connectivity index (χ0v) is 12.6. The predicted molar refractivity (Wildman–Crippen MR) is 74.2 cm³/mol. The van der Waals surface area contributed by atoms with E-state index >= 15 is 0 Å². The fourth-order valence-electron chi connectivity index (χ4n) is 1.61. The van der Waals surface area contributed by atoms with E-state index in [0.717, 1.165) is 15.7 Å². The monoisotopic (exact) mass is 254 g/mol. The van der Waals surface area contributed by atoms with Crippen molar-refractivity contribution in [3.05, 3.63) is 10.6 Å². The molecule has 0 aromatic carbocycles. The second kappa shape index (κ2) is 4.77. The number of Topliss-reactive ketones (excluding diaryl/α,β-unsaturated/α-hetero) is 1. The predicted octanol–water partition coefficient (Wildman–Crippen LogP) is 3.52. The maximum Gasteiger partial charge on any atom is 0.186 e. The summed E-state index contributed by atoms with van der Waals surface area (Å²) in [6, 6.07) is 0.368. The van der Waals surface area contributed by atoms with Gasteiger partial charge in [-0.05, 0) is 19.3 Å². The quantitative estimate of drug-likeness (QED) is 0.774. The highest BCUT2D eigenvalue weighted by atomic mass is 32.1.